The van der Waals surface area contributed by atoms with Gasteiger partial charge in [0.05, 0.1) is 18.6 Å². The van der Waals surface area contributed by atoms with Crippen LogP contribution in [0.15, 0.2) is 29.3 Å². The van der Waals surface area contributed by atoms with Crippen molar-refractivity contribution >= 4 is 12.0 Å². The topological polar surface area (TPSA) is 24.8 Å². The lowest BCUT2D eigenvalue weighted by Gasteiger charge is -2.27. The van der Waals surface area contributed by atoms with Crippen molar-refractivity contribution in [3.63, 3.8) is 0 Å². The van der Waals surface area contributed by atoms with Crippen LogP contribution in [0.25, 0.3) is 0 Å². The molecule has 0 N–H and O–H groups in total. The van der Waals surface area contributed by atoms with Gasteiger partial charge >= 0.3 is 0 Å². The second kappa shape index (κ2) is 7.50. The standard InChI is InChI=1S/C20H21F3N2O/c1-4-25(3)11-24-18-10-13-5-6-26-20(15(13)7-12(18)2)14-8-16(21)19(23)17(22)9-14/h7-11,20H,4-6H2,1-3H3/b24-11+. The Kier molecular flexibility index (Phi) is 5.32. The molecule has 26 heavy (non-hydrogen) atoms. The molecular formula is C20H21F3N2O. The van der Waals surface area contributed by atoms with E-state index in [1.54, 1.807) is 6.34 Å². The fourth-order valence-electron chi connectivity index (χ4n) is 2.98. The lowest BCUT2D eigenvalue weighted by Crippen LogP contribution is -2.18. The molecule has 0 fully saturated rings. The Balaban J connectivity index is 2.00. The Hall–Kier alpha value is -2.34. The normalized spacial score (nSPS) is 16.8. The molecule has 1 atom stereocenters. The SMILES string of the molecule is CCN(C)/C=N/c1cc2c(cc1C)C(c1cc(F)c(F)c(F)c1)OCC2. The van der Waals surface area contributed by atoms with Crippen LogP contribution in [0.4, 0.5) is 18.9 Å². The van der Waals surface area contributed by atoms with Gasteiger partial charge in [-0.2, -0.15) is 0 Å². The predicted octanol–water partition coefficient (Wildman–Crippen LogP) is 4.69. The number of aryl methyl sites for hydroxylation is 1. The Labute approximate surface area is 151 Å². The number of fused-ring (bicyclic) bond motifs is 1. The molecule has 0 bridgehead atoms. The van der Waals surface area contributed by atoms with E-state index in [-0.39, 0.29) is 5.56 Å². The number of hydrogen-bond donors (Lipinski definition) is 0. The van der Waals surface area contributed by atoms with E-state index in [0.29, 0.717) is 13.0 Å². The van der Waals surface area contributed by atoms with Gasteiger partial charge in [0.2, 0.25) is 0 Å². The third-order valence-corrected chi connectivity index (χ3v) is 4.60. The summed E-state index contributed by atoms with van der Waals surface area (Å²) in [7, 11) is 1.94. The second-order valence-electron chi connectivity index (χ2n) is 6.45. The van der Waals surface area contributed by atoms with Gasteiger partial charge in [-0.25, -0.2) is 18.2 Å². The minimum absolute atomic E-state index is 0.267. The summed E-state index contributed by atoms with van der Waals surface area (Å²) in [6.45, 7) is 5.23. The van der Waals surface area contributed by atoms with Crippen LogP contribution < -0.4 is 0 Å². The summed E-state index contributed by atoms with van der Waals surface area (Å²) in [5.41, 5.74) is 3.90. The summed E-state index contributed by atoms with van der Waals surface area (Å²) in [6.07, 6.45) is 1.83. The summed E-state index contributed by atoms with van der Waals surface area (Å²) in [4.78, 5) is 6.48. The molecule has 1 aliphatic heterocycles. The zero-order valence-corrected chi connectivity index (χ0v) is 15.0. The molecule has 3 rings (SSSR count). The Morgan fingerprint density at radius 3 is 2.54 bits per heavy atom. The average Bonchev–Trinajstić information content (AvgIpc) is 2.63. The third kappa shape index (κ3) is 3.60. The molecule has 2 aromatic carbocycles. The van der Waals surface area contributed by atoms with Crippen molar-refractivity contribution in [2.75, 3.05) is 20.2 Å². The third-order valence-electron chi connectivity index (χ3n) is 4.60. The maximum absolute atomic E-state index is 13.6. The zero-order chi connectivity index (χ0) is 18.8. The molecule has 1 aliphatic rings. The van der Waals surface area contributed by atoms with Crippen LogP contribution in [-0.2, 0) is 11.2 Å². The first-order chi connectivity index (χ1) is 12.4. The van der Waals surface area contributed by atoms with E-state index < -0.39 is 23.6 Å². The van der Waals surface area contributed by atoms with E-state index in [4.69, 9.17) is 4.74 Å². The maximum atomic E-state index is 13.6. The molecule has 0 spiro atoms. The number of aliphatic imine (C=N–C) groups is 1. The lowest BCUT2D eigenvalue weighted by molar-refractivity contribution is 0.0693. The van der Waals surface area contributed by atoms with Crippen molar-refractivity contribution in [2.24, 2.45) is 4.99 Å². The molecule has 0 aromatic heterocycles. The van der Waals surface area contributed by atoms with Gasteiger partial charge in [0, 0.05) is 13.6 Å². The van der Waals surface area contributed by atoms with Crippen molar-refractivity contribution in [3.8, 4) is 0 Å². The summed E-state index contributed by atoms with van der Waals surface area (Å²) >= 11 is 0. The molecule has 0 saturated heterocycles. The number of ether oxygens (including phenoxy) is 1. The van der Waals surface area contributed by atoms with Gasteiger partial charge in [-0.15, -0.1) is 0 Å². The molecule has 1 heterocycles. The first-order valence-electron chi connectivity index (χ1n) is 8.54. The van der Waals surface area contributed by atoms with E-state index >= 15 is 0 Å². The Bertz CT molecular complexity index is 828. The minimum atomic E-state index is -1.47. The largest absolute Gasteiger partial charge is 0.368 e. The second-order valence-corrected chi connectivity index (χ2v) is 6.45. The van der Waals surface area contributed by atoms with Crippen molar-refractivity contribution in [3.05, 3.63) is 64.0 Å². The summed E-state index contributed by atoms with van der Waals surface area (Å²) in [5.74, 6) is -3.89. The summed E-state index contributed by atoms with van der Waals surface area (Å²) < 4.78 is 46.3. The fourth-order valence-corrected chi connectivity index (χ4v) is 2.98. The van der Waals surface area contributed by atoms with Gasteiger partial charge in [0.25, 0.3) is 0 Å². The van der Waals surface area contributed by atoms with E-state index in [1.165, 1.54) is 0 Å². The fraction of sp³-hybridized carbons (Fsp3) is 0.350. The first-order valence-corrected chi connectivity index (χ1v) is 8.54. The van der Waals surface area contributed by atoms with E-state index in [9.17, 15) is 13.2 Å². The highest BCUT2D eigenvalue weighted by Crippen LogP contribution is 2.37. The average molecular weight is 362 g/mol. The lowest BCUT2D eigenvalue weighted by atomic mass is 9.90. The van der Waals surface area contributed by atoms with E-state index in [0.717, 1.165) is 41.1 Å². The molecular weight excluding hydrogens is 341 g/mol. The highest BCUT2D eigenvalue weighted by atomic mass is 19.2. The quantitative estimate of drug-likeness (QED) is 0.448. The number of benzene rings is 2. The van der Waals surface area contributed by atoms with Gasteiger partial charge in [-0.05, 0) is 60.7 Å². The van der Waals surface area contributed by atoms with Crippen LogP contribution >= 0.6 is 0 Å². The molecule has 0 aliphatic carbocycles. The Morgan fingerprint density at radius 1 is 1.19 bits per heavy atom. The highest BCUT2D eigenvalue weighted by Gasteiger charge is 2.26. The number of hydrogen-bond acceptors (Lipinski definition) is 2. The van der Waals surface area contributed by atoms with Gasteiger partial charge < -0.3 is 9.64 Å². The van der Waals surface area contributed by atoms with Gasteiger partial charge in [0.1, 0.15) is 6.10 Å². The molecule has 1 unspecified atom stereocenters. The molecule has 6 heteroatoms. The molecule has 0 saturated carbocycles. The van der Waals surface area contributed by atoms with Crippen LogP contribution in [0.2, 0.25) is 0 Å². The number of nitrogens with zero attached hydrogens (tertiary/aromatic N) is 2. The van der Waals surface area contributed by atoms with Crippen LogP contribution in [0, 0.1) is 24.4 Å². The smallest absolute Gasteiger partial charge is 0.194 e. The number of halogens is 3. The molecule has 2 aromatic rings. The van der Waals surface area contributed by atoms with Crippen LogP contribution in [0.1, 0.15) is 35.3 Å². The highest BCUT2D eigenvalue weighted by molar-refractivity contribution is 5.64. The molecule has 0 radical (unpaired) electrons. The molecule has 138 valence electrons. The van der Waals surface area contributed by atoms with Gasteiger partial charge in [-0.1, -0.05) is 6.07 Å². The predicted molar refractivity (Wildman–Crippen MR) is 95.5 cm³/mol. The van der Waals surface area contributed by atoms with Crippen LogP contribution in [0.5, 0.6) is 0 Å². The zero-order valence-electron chi connectivity index (χ0n) is 15.0. The van der Waals surface area contributed by atoms with Crippen LogP contribution in [0.3, 0.4) is 0 Å². The molecule has 3 nitrogen and oxygen atoms in total. The van der Waals surface area contributed by atoms with Gasteiger partial charge in [-0.3, -0.25) is 0 Å². The van der Waals surface area contributed by atoms with Crippen molar-refractivity contribution < 1.29 is 17.9 Å². The van der Waals surface area contributed by atoms with Crippen molar-refractivity contribution in [1.82, 2.24) is 4.90 Å². The summed E-state index contributed by atoms with van der Waals surface area (Å²) in [6, 6.07) is 5.90. The summed E-state index contributed by atoms with van der Waals surface area (Å²) in [5, 5.41) is 0. The minimum Gasteiger partial charge on any atom is -0.368 e. The van der Waals surface area contributed by atoms with Gasteiger partial charge in [0.15, 0.2) is 17.5 Å². The van der Waals surface area contributed by atoms with Crippen LogP contribution in [-0.4, -0.2) is 31.4 Å². The molecule has 0 amide bonds. The maximum Gasteiger partial charge on any atom is 0.194 e. The Morgan fingerprint density at radius 2 is 1.88 bits per heavy atom. The van der Waals surface area contributed by atoms with Crippen molar-refractivity contribution in [2.45, 2.75) is 26.4 Å². The first kappa shape index (κ1) is 18.5. The van der Waals surface area contributed by atoms with E-state index in [1.807, 2.05) is 37.9 Å². The van der Waals surface area contributed by atoms with E-state index in [2.05, 4.69) is 4.99 Å². The number of rotatable bonds is 4. The van der Waals surface area contributed by atoms with Crippen molar-refractivity contribution in [1.29, 1.82) is 0 Å². The monoisotopic (exact) mass is 362 g/mol.